The average molecular weight is 447 g/mol. The summed E-state index contributed by atoms with van der Waals surface area (Å²) in [5.74, 6) is -1.16. The van der Waals surface area contributed by atoms with Gasteiger partial charge in [0, 0.05) is 30.9 Å². The lowest BCUT2D eigenvalue weighted by molar-refractivity contribution is -0.139. The smallest absolute Gasteiger partial charge is 0.251 e. The third-order valence-electron chi connectivity index (χ3n) is 6.29. The van der Waals surface area contributed by atoms with E-state index in [2.05, 4.69) is 34.7 Å². The van der Waals surface area contributed by atoms with Gasteiger partial charge in [0.25, 0.3) is 5.91 Å². The summed E-state index contributed by atoms with van der Waals surface area (Å²) >= 11 is 0. The first-order valence-corrected chi connectivity index (χ1v) is 11.6. The summed E-state index contributed by atoms with van der Waals surface area (Å²) in [5.41, 5.74) is 4.83. The average Bonchev–Trinajstić information content (AvgIpc) is 2.87. The molecule has 0 bridgehead atoms. The quantitative estimate of drug-likeness (QED) is 0.482. The van der Waals surface area contributed by atoms with Crippen molar-refractivity contribution in [3.05, 3.63) is 72.3 Å². The monoisotopic (exact) mass is 446 g/mol. The van der Waals surface area contributed by atoms with Crippen LogP contribution < -0.4 is 20.7 Å². The zero-order valence-corrected chi connectivity index (χ0v) is 18.9. The number of rotatable bonds is 8. The Morgan fingerprint density at radius 1 is 1.06 bits per heavy atom. The summed E-state index contributed by atoms with van der Waals surface area (Å²) in [6, 6.07) is 17.0. The zero-order chi connectivity index (χ0) is 23.2. The minimum atomic E-state index is -0.354. The Morgan fingerprint density at radius 3 is 2.58 bits per heavy atom. The lowest BCUT2D eigenvalue weighted by Gasteiger charge is -2.38. The molecular formula is C26H30N4O3. The number of para-hydroxylation sites is 1. The lowest BCUT2D eigenvalue weighted by atomic mass is 9.80. The van der Waals surface area contributed by atoms with Gasteiger partial charge in [0.1, 0.15) is 0 Å². The van der Waals surface area contributed by atoms with E-state index in [-0.39, 0.29) is 29.6 Å². The molecule has 7 heteroatoms. The fourth-order valence-electron chi connectivity index (χ4n) is 4.45. The molecule has 4 rings (SSSR count). The first-order valence-electron chi connectivity index (χ1n) is 11.6. The number of fused-ring (bicyclic) bond motifs is 1. The lowest BCUT2D eigenvalue weighted by Crippen LogP contribution is -2.59. The second kappa shape index (κ2) is 10.3. The van der Waals surface area contributed by atoms with Crippen molar-refractivity contribution < 1.29 is 14.4 Å². The van der Waals surface area contributed by atoms with Crippen LogP contribution in [-0.4, -0.2) is 37.4 Å². The molecule has 1 fully saturated rings. The van der Waals surface area contributed by atoms with Crippen LogP contribution in [0.15, 0.2) is 66.7 Å². The molecule has 1 aliphatic carbocycles. The topological polar surface area (TPSA) is 81.8 Å². The van der Waals surface area contributed by atoms with Crippen molar-refractivity contribution in [1.29, 1.82) is 0 Å². The van der Waals surface area contributed by atoms with E-state index in [1.54, 1.807) is 24.3 Å². The molecule has 172 valence electrons. The van der Waals surface area contributed by atoms with Crippen molar-refractivity contribution in [2.45, 2.75) is 26.2 Å². The molecule has 1 saturated heterocycles. The largest absolute Gasteiger partial charge is 0.372 e. The molecule has 1 aliphatic heterocycles. The number of hydrogen-bond acceptors (Lipinski definition) is 4. The standard InChI is InChI=1S/C26H30N4O3/c1-2-29(20-11-4-3-5-12-20)17-9-16-27-24(31)19-10-8-13-21(18-19)30-26(33)23-15-7-6-14-22(23)25(32)28-30/h3-8,10-13,18,22-23H,2,9,14-17H2,1H3,(H,27,31)(H,28,32). The van der Waals surface area contributed by atoms with Crippen LogP contribution >= 0.6 is 0 Å². The number of allylic oxidation sites excluding steroid dienone is 2. The van der Waals surface area contributed by atoms with Crippen molar-refractivity contribution in [2.24, 2.45) is 11.8 Å². The molecule has 7 nitrogen and oxygen atoms in total. The van der Waals surface area contributed by atoms with E-state index in [0.717, 1.165) is 19.5 Å². The first-order chi connectivity index (χ1) is 16.1. The molecule has 0 aromatic heterocycles. The van der Waals surface area contributed by atoms with E-state index in [1.807, 2.05) is 30.4 Å². The Kier molecular flexibility index (Phi) is 7.07. The zero-order valence-electron chi connectivity index (χ0n) is 18.9. The van der Waals surface area contributed by atoms with Gasteiger partial charge in [-0.3, -0.25) is 19.8 Å². The predicted molar refractivity (Wildman–Crippen MR) is 129 cm³/mol. The van der Waals surface area contributed by atoms with Gasteiger partial charge in [-0.05, 0) is 56.5 Å². The van der Waals surface area contributed by atoms with Gasteiger partial charge in [-0.2, -0.15) is 0 Å². The third-order valence-corrected chi connectivity index (χ3v) is 6.29. The normalized spacial score (nSPS) is 19.6. The van der Waals surface area contributed by atoms with Gasteiger partial charge in [0.2, 0.25) is 11.8 Å². The highest BCUT2D eigenvalue weighted by molar-refractivity contribution is 6.05. The molecule has 0 radical (unpaired) electrons. The van der Waals surface area contributed by atoms with Crippen LogP contribution in [0, 0.1) is 11.8 Å². The number of carbonyl (C=O) groups is 3. The number of carbonyl (C=O) groups excluding carboxylic acids is 3. The molecule has 1 heterocycles. The molecule has 2 aliphatic rings. The molecule has 2 aromatic carbocycles. The highest BCUT2D eigenvalue weighted by Crippen LogP contribution is 2.32. The molecular weight excluding hydrogens is 416 g/mol. The third kappa shape index (κ3) is 5.08. The van der Waals surface area contributed by atoms with Crippen LogP contribution in [-0.2, 0) is 9.59 Å². The number of nitrogens with zero attached hydrogens (tertiary/aromatic N) is 2. The van der Waals surface area contributed by atoms with Crippen LogP contribution in [0.25, 0.3) is 0 Å². The molecule has 0 spiro atoms. The number of amides is 3. The molecule has 0 saturated carbocycles. The fraction of sp³-hybridized carbons (Fsp3) is 0.346. The van der Waals surface area contributed by atoms with E-state index in [1.165, 1.54) is 10.7 Å². The summed E-state index contributed by atoms with van der Waals surface area (Å²) in [5, 5.41) is 4.25. The fourth-order valence-corrected chi connectivity index (χ4v) is 4.45. The number of hydrogen-bond donors (Lipinski definition) is 2. The van der Waals surface area contributed by atoms with Gasteiger partial charge in [-0.1, -0.05) is 36.4 Å². The van der Waals surface area contributed by atoms with Crippen molar-refractivity contribution in [1.82, 2.24) is 10.7 Å². The molecule has 2 aromatic rings. The summed E-state index contributed by atoms with van der Waals surface area (Å²) in [6.45, 7) is 4.39. The number of hydrazine groups is 1. The molecule has 33 heavy (non-hydrogen) atoms. The summed E-state index contributed by atoms with van der Waals surface area (Å²) < 4.78 is 0. The van der Waals surface area contributed by atoms with Crippen LogP contribution in [0.3, 0.4) is 0 Å². The van der Waals surface area contributed by atoms with Crippen LogP contribution in [0.5, 0.6) is 0 Å². The minimum absolute atomic E-state index is 0.137. The van der Waals surface area contributed by atoms with Gasteiger partial charge >= 0.3 is 0 Å². The Hall–Kier alpha value is -3.61. The Balaban J connectivity index is 1.34. The van der Waals surface area contributed by atoms with Gasteiger partial charge in [-0.15, -0.1) is 0 Å². The Bertz CT molecular complexity index is 1040. The van der Waals surface area contributed by atoms with Gasteiger partial charge in [0.15, 0.2) is 0 Å². The molecule has 2 atom stereocenters. The van der Waals surface area contributed by atoms with E-state index in [9.17, 15) is 14.4 Å². The Labute approximate surface area is 194 Å². The molecule has 2 N–H and O–H groups in total. The van der Waals surface area contributed by atoms with E-state index < -0.39 is 0 Å². The second-order valence-corrected chi connectivity index (χ2v) is 8.38. The van der Waals surface area contributed by atoms with Crippen molar-refractivity contribution in [3.8, 4) is 0 Å². The number of benzene rings is 2. The van der Waals surface area contributed by atoms with Gasteiger partial charge in [-0.25, -0.2) is 5.01 Å². The summed E-state index contributed by atoms with van der Waals surface area (Å²) in [4.78, 5) is 40.5. The van der Waals surface area contributed by atoms with Gasteiger partial charge in [0.05, 0.1) is 17.5 Å². The van der Waals surface area contributed by atoms with Crippen molar-refractivity contribution in [2.75, 3.05) is 29.5 Å². The first kappa shape index (κ1) is 22.6. The SMILES string of the molecule is CCN(CCCNC(=O)c1cccc(N2NC(=O)C3CC=CCC3C2=O)c1)c1ccccc1. The number of nitrogens with one attached hydrogen (secondary N) is 2. The maximum Gasteiger partial charge on any atom is 0.251 e. The number of anilines is 2. The molecule has 2 unspecified atom stereocenters. The highest BCUT2D eigenvalue weighted by Gasteiger charge is 2.42. The van der Waals surface area contributed by atoms with E-state index >= 15 is 0 Å². The summed E-state index contributed by atoms with van der Waals surface area (Å²) in [7, 11) is 0. The van der Waals surface area contributed by atoms with Crippen molar-refractivity contribution >= 4 is 29.1 Å². The Morgan fingerprint density at radius 2 is 1.82 bits per heavy atom. The maximum atomic E-state index is 13.0. The van der Waals surface area contributed by atoms with Gasteiger partial charge < -0.3 is 10.2 Å². The second-order valence-electron chi connectivity index (χ2n) is 8.38. The van der Waals surface area contributed by atoms with E-state index in [4.69, 9.17) is 0 Å². The molecule has 3 amide bonds. The minimum Gasteiger partial charge on any atom is -0.372 e. The predicted octanol–water partition coefficient (Wildman–Crippen LogP) is 3.29. The van der Waals surface area contributed by atoms with E-state index in [0.29, 0.717) is 30.6 Å². The van der Waals surface area contributed by atoms with Crippen LogP contribution in [0.1, 0.15) is 36.5 Å². The van der Waals surface area contributed by atoms with Crippen LogP contribution in [0.4, 0.5) is 11.4 Å². The van der Waals surface area contributed by atoms with Crippen molar-refractivity contribution in [3.63, 3.8) is 0 Å². The van der Waals surface area contributed by atoms with Crippen LogP contribution in [0.2, 0.25) is 0 Å². The maximum absolute atomic E-state index is 13.0. The summed E-state index contributed by atoms with van der Waals surface area (Å²) in [6.07, 6.45) is 5.86. The highest BCUT2D eigenvalue weighted by atomic mass is 16.2.